The van der Waals surface area contributed by atoms with E-state index in [1.54, 1.807) is 19.3 Å². The second kappa shape index (κ2) is 9.28. The van der Waals surface area contributed by atoms with Crippen molar-refractivity contribution in [2.45, 2.75) is 25.7 Å². The van der Waals surface area contributed by atoms with Gasteiger partial charge in [-0.3, -0.25) is 9.97 Å². The molecule has 0 aliphatic heterocycles. The lowest BCUT2D eigenvalue weighted by Crippen LogP contribution is -2.07. The van der Waals surface area contributed by atoms with E-state index in [9.17, 15) is 4.39 Å². The second-order valence-corrected chi connectivity index (χ2v) is 5.52. The Labute approximate surface area is 146 Å². The Morgan fingerprint density at radius 3 is 2.80 bits per heavy atom. The first kappa shape index (κ1) is 18.3. The number of nitrogens with zero attached hydrogens (tertiary/aromatic N) is 3. The van der Waals surface area contributed by atoms with E-state index in [2.05, 4.69) is 15.3 Å². The third-order valence-corrected chi connectivity index (χ3v) is 3.80. The second-order valence-electron chi connectivity index (χ2n) is 5.52. The van der Waals surface area contributed by atoms with Crippen molar-refractivity contribution in [2.75, 3.05) is 7.05 Å². The molecule has 0 spiro atoms. The molecule has 0 fully saturated rings. The number of halogens is 1. The molecule has 0 atom stereocenters. The molecule has 0 saturated carbocycles. The molecule has 25 heavy (non-hydrogen) atoms. The van der Waals surface area contributed by atoms with Gasteiger partial charge in [0.25, 0.3) is 0 Å². The van der Waals surface area contributed by atoms with Crippen LogP contribution in [0.1, 0.15) is 35.4 Å². The van der Waals surface area contributed by atoms with Gasteiger partial charge in [-0.1, -0.05) is 0 Å². The maximum absolute atomic E-state index is 13.8. The largest absolute Gasteiger partial charge is 0.386 e. The van der Waals surface area contributed by atoms with E-state index in [-0.39, 0.29) is 5.56 Å². The highest BCUT2D eigenvalue weighted by molar-refractivity contribution is 5.81. The lowest BCUT2D eigenvalue weighted by Gasteiger charge is -2.08. The quantitative estimate of drug-likeness (QED) is 0.572. The highest BCUT2D eigenvalue weighted by atomic mass is 19.1. The number of rotatable bonds is 8. The number of allylic oxidation sites excluding steroid dienone is 1. The topological polar surface area (TPSA) is 85.5 Å². The van der Waals surface area contributed by atoms with Gasteiger partial charge in [0, 0.05) is 25.7 Å². The maximum atomic E-state index is 13.8. The van der Waals surface area contributed by atoms with Crippen molar-refractivity contribution in [3.05, 3.63) is 65.0 Å². The lowest BCUT2D eigenvalue weighted by molar-refractivity contribution is 0.587. The van der Waals surface area contributed by atoms with E-state index in [0.717, 1.165) is 36.2 Å². The van der Waals surface area contributed by atoms with Gasteiger partial charge in [0.05, 0.1) is 22.6 Å². The molecule has 0 aliphatic rings. The van der Waals surface area contributed by atoms with Crippen LogP contribution in [0.25, 0.3) is 5.70 Å². The SMILES string of the molecule is CN/C(=C\C=N)c1cc(CCCCc2ncc(C#N)cc2F)ccn1. The Bertz CT molecular complexity index is 808. The summed E-state index contributed by atoms with van der Waals surface area (Å²) in [5.41, 5.74) is 3.37. The minimum atomic E-state index is -0.416. The zero-order valence-electron chi connectivity index (χ0n) is 14.1. The van der Waals surface area contributed by atoms with E-state index in [4.69, 9.17) is 10.7 Å². The Kier molecular flexibility index (Phi) is 6.78. The van der Waals surface area contributed by atoms with Crippen molar-refractivity contribution in [1.29, 1.82) is 10.7 Å². The van der Waals surface area contributed by atoms with Crippen molar-refractivity contribution < 1.29 is 4.39 Å². The van der Waals surface area contributed by atoms with Gasteiger partial charge in [-0.25, -0.2) is 4.39 Å². The van der Waals surface area contributed by atoms with Gasteiger partial charge < -0.3 is 10.7 Å². The number of pyridine rings is 2. The van der Waals surface area contributed by atoms with Gasteiger partial charge in [0.1, 0.15) is 11.9 Å². The molecule has 0 aliphatic carbocycles. The summed E-state index contributed by atoms with van der Waals surface area (Å²) in [6.07, 6.45) is 9.14. The summed E-state index contributed by atoms with van der Waals surface area (Å²) in [4.78, 5) is 8.33. The van der Waals surface area contributed by atoms with Gasteiger partial charge in [0.2, 0.25) is 0 Å². The molecule has 0 saturated heterocycles. The predicted octanol–water partition coefficient (Wildman–Crippen LogP) is 3.26. The average molecular weight is 337 g/mol. The first-order chi connectivity index (χ1) is 12.2. The van der Waals surface area contributed by atoms with Crippen molar-refractivity contribution in [3.63, 3.8) is 0 Å². The van der Waals surface area contributed by atoms with Crippen LogP contribution in [0.3, 0.4) is 0 Å². The molecule has 128 valence electrons. The van der Waals surface area contributed by atoms with Gasteiger partial charge in [0.15, 0.2) is 0 Å². The summed E-state index contributed by atoms with van der Waals surface area (Å²) in [5, 5.41) is 18.9. The third kappa shape index (κ3) is 5.21. The molecule has 0 aromatic carbocycles. The highest BCUT2D eigenvalue weighted by Crippen LogP contribution is 2.14. The van der Waals surface area contributed by atoms with E-state index >= 15 is 0 Å². The van der Waals surface area contributed by atoms with Gasteiger partial charge in [-0.2, -0.15) is 5.26 Å². The number of hydrogen-bond acceptors (Lipinski definition) is 5. The average Bonchev–Trinajstić information content (AvgIpc) is 2.64. The fourth-order valence-electron chi connectivity index (χ4n) is 2.49. The summed E-state index contributed by atoms with van der Waals surface area (Å²) in [6.45, 7) is 0. The van der Waals surface area contributed by atoms with Crippen molar-refractivity contribution >= 4 is 11.9 Å². The number of aryl methyl sites for hydroxylation is 2. The molecule has 0 unspecified atom stereocenters. The molecule has 2 N–H and O–H groups in total. The molecule has 0 amide bonds. The highest BCUT2D eigenvalue weighted by Gasteiger charge is 2.06. The van der Waals surface area contributed by atoms with E-state index in [0.29, 0.717) is 12.1 Å². The molecule has 6 heteroatoms. The van der Waals surface area contributed by atoms with Crippen LogP contribution >= 0.6 is 0 Å². The number of hydrogen-bond donors (Lipinski definition) is 2. The Hall–Kier alpha value is -3.07. The summed E-state index contributed by atoms with van der Waals surface area (Å²) < 4.78 is 13.8. The van der Waals surface area contributed by atoms with Crippen LogP contribution < -0.4 is 5.32 Å². The molecule has 2 aromatic heterocycles. The van der Waals surface area contributed by atoms with Crippen LogP contribution in [0.2, 0.25) is 0 Å². The maximum Gasteiger partial charge on any atom is 0.145 e. The number of nitriles is 1. The fourth-order valence-corrected chi connectivity index (χ4v) is 2.49. The van der Waals surface area contributed by atoms with Gasteiger partial charge in [-0.05, 0) is 55.5 Å². The van der Waals surface area contributed by atoms with Crippen molar-refractivity contribution in [2.24, 2.45) is 0 Å². The van der Waals surface area contributed by atoms with Crippen LogP contribution in [-0.2, 0) is 12.8 Å². The van der Waals surface area contributed by atoms with Crippen LogP contribution in [0.4, 0.5) is 4.39 Å². The van der Waals surface area contributed by atoms with E-state index in [1.165, 1.54) is 18.5 Å². The van der Waals surface area contributed by atoms with Crippen LogP contribution in [0.15, 0.2) is 36.7 Å². The Morgan fingerprint density at radius 1 is 1.32 bits per heavy atom. The van der Waals surface area contributed by atoms with Crippen molar-refractivity contribution in [1.82, 2.24) is 15.3 Å². The first-order valence-corrected chi connectivity index (χ1v) is 8.06. The summed E-state index contributed by atoms with van der Waals surface area (Å²) in [5.74, 6) is -0.416. The standard InChI is InChI=1S/C19H20FN5/c1-23-18(6-8-21)19-11-14(7-9-24-19)4-2-3-5-17-16(20)10-15(12-22)13-25-17/h6-11,13,21,23H,2-5H2,1H3/b18-6-,21-8?. The molecule has 2 aromatic rings. The molecule has 2 heterocycles. The summed E-state index contributed by atoms with van der Waals surface area (Å²) in [6, 6.07) is 7.06. The number of unbranched alkanes of at least 4 members (excludes halogenated alkanes) is 1. The minimum Gasteiger partial charge on any atom is -0.386 e. The van der Waals surface area contributed by atoms with Gasteiger partial charge >= 0.3 is 0 Å². The fraction of sp³-hybridized carbons (Fsp3) is 0.263. The smallest absolute Gasteiger partial charge is 0.145 e. The molecule has 0 bridgehead atoms. The first-order valence-electron chi connectivity index (χ1n) is 8.06. The predicted molar refractivity (Wildman–Crippen MR) is 95.6 cm³/mol. The molecular weight excluding hydrogens is 317 g/mol. The van der Waals surface area contributed by atoms with Gasteiger partial charge in [-0.15, -0.1) is 0 Å². The lowest BCUT2D eigenvalue weighted by atomic mass is 10.0. The molecule has 0 radical (unpaired) electrons. The molecule has 5 nitrogen and oxygen atoms in total. The summed E-state index contributed by atoms with van der Waals surface area (Å²) >= 11 is 0. The van der Waals surface area contributed by atoms with Crippen molar-refractivity contribution in [3.8, 4) is 6.07 Å². The molecular formula is C19H20FN5. The third-order valence-electron chi connectivity index (χ3n) is 3.80. The zero-order valence-corrected chi connectivity index (χ0v) is 14.1. The number of aromatic nitrogens is 2. The Balaban J connectivity index is 1.91. The van der Waals surface area contributed by atoms with Crippen LogP contribution in [-0.4, -0.2) is 23.2 Å². The monoisotopic (exact) mass is 337 g/mol. The van der Waals surface area contributed by atoms with E-state index in [1.807, 2.05) is 18.2 Å². The molecule has 2 rings (SSSR count). The number of nitrogens with one attached hydrogen (secondary N) is 2. The minimum absolute atomic E-state index is 0.240. The van der Waals surface area contributed by atoms with E-state index < -0.39 is 5.82 Å². The summed E-state index contributed by atoms with van der Waals surface area (Å²) in [7, 11) is 1.79. The Morgan fingerprint density at radius 2 is 2.12 bits per heavy atom. The van der Waals surface area contributed by atoms with Crippen LogP contribution in [0, 0.1) is 22.6 Å². The zero-order chi connectivity index (χ0) is 18.1. The van der Waals surface area contributed by atoms with Crippen LogP contribution in [0.5, 0.6) is 0 Å². The normalized spacial score (nSPS) is 11.0.